The van der Waals surface area contributed by atoms with Crippen molar-refractivity contribution in [3.63, 3.8) is 0 Å². The van der Waals surface area contributed by atoms with Gasteiger partial charge in [0, 0.05) is 13.0 Å². The van der Waals surface area contributed by atoms with E-state index in [0.717, 1.165) is 38.5 Å². The molecule has 3 atom stereocenters. The largest absolute Gasteiger partial charge is 0.472 e. The molecule has 0 aliphatic rings. The standard InChI is InChI=1S/C39H79N2O6P/c1-3-5-7-9-11-13-15-16-17-18-19-20-21-22-23-25-27-29-31-33-39(43)41-37(36-47-48(44,45)46-35-34-40)38(42)32-30-28-26-24-14-12-10-8-6-4-2/h30,32,37-38,42H,3-29,31,33-36,40H2,1-2H3,(H,41,43)(H,44,45)/b32-30+. The molecule has 0 aromatic carbocycles. The molecule has 0 saturated heterocycles. The molecule has 48 heavy (non-hydrogen) atoms. The van der Waals surface area contributed by atoms with Crippen molar-refractivity contribution in [1.82, 2.24) is 5.32 Å². The molecule has 0 bridgehead atoms. The van der Waals surface area contributed by atoms with E-state index in [9.17, 15) is 19.4 Å². The van der Waals surface area contributed by atoms with Gasteiger partial charge in [0.1, 0.15) is 0 Å². The lowest BCUT2D eigenvalue weighted by Gasteiger charge is -2.23. The molecule has 0 spiro atoms. The van der Waals surface area contributed by atoms with Gasteiger partial charge in [0.05, 0.1) is 25.4 Å². The number of aliphatic hydroxyl groups is 1. The first kappa shape index (κ1) is 47.2. The molecule has 9 heteroatoms. The number of allylic oxidation sites excluding steroid dienone is 1. The lowest BCUT2D eigenvalue weighted by atomic mass is 10.0. The third-order valence-electron chi connectivity index (χ3n) is 9.11. The summed E-state index contributed by atoms with van der Waals surface area (Å²) >= 11 is 0. The van der Waals surface area contributed by atoms with E-state index in [1.165, 1.54) is 141 Å². The number of carbonyl (C=O) groups excluding carboxylic acids is 1. The predicted molar refractivity (Wildman–Crippen MR) is 203 cm³/mol. The molecule has 0 aliphatic heterocycles. The normalized spacial score (nSPS) is 14.4. The van der Waals surface area contributed by atoms with Crippen molar-refractivity contribution in [3.05, 3.63) is 12.2 Å². The number of phosphoric ester groups is 1. The number of unbranched alkanes of at least 4 members (excludes halogenated alkanes) is 26. The number of hydrogen-bond acceptors (Lipinski definition) is 6. The van der Waals surface area contributed by atoms with Gasteiger partial charge < -0.3 is 21.1 Å². The second kappa shape index (κ2) is 36.0. The fourth-order valence-corrected chi connectivity index (χ4v) is 6.77. The number of nitrogens with one attached hydrogen (secondary N) is 1. The molecule has 3 unspecified atom stereocenters. The Morgan fingerprint density at radius 1 is 0.667 bits per heavy atom. The molecule has 5 N–H and O–H groups in total. The minimum atomic E-state index is -4.33. The van der Waals surface area contributed by atoms with Gasteiger partial charge in [0.25, 0.3) is 0 Å². The Bertz CT molecular complexity index is 769. The van der Waals surface area contributed by atoms with Crippen LogP contribution in [0.25, 0.3) is 0 Å². The Morgan fingerprint density at radius 2 is 1.06 bits per heavy atom. The second-order valence-corrected chi connectivity index (χ2v) is 15.3. The van der Waals surface area contributed by atoms with E-state index in [0.29, 0.717) is 6.42 Å². The minimum absolute atomic E-state index is 0.0810. The van der Waals surface area contributed by atoms with Crippen LogP contribution >= 0.6 is 7.82 Å². The van der Waals surface area contributed by atoms with E-state index in [2.05, 4.69) is 19.2 Å². The van der Waals surface area contributed by atoms with Crippen molar-refractivity contribution in [2.75, 3.05) is 19.8 Å². The van der Waals surface area contributed by atoms with Gasteiger partial charge in [-0.15, -0.1) is 0 Å². The molecule has 1 amide bonds. The Kier molecular flexibility index (Phi) is 35.5. The van der Waals surface area contributed by atoms with Crippen LogP contribution in [-0.4, -0.2) is 47.8 Å². The Labute approximate surface area is 296 Å². The summed E-state index contributed by atoms with van der Waals surface area (Å²) in [7, 11) is -4.33. The molecule has 0 aliphatic carbocycles. The lowest BCUT2D eigenvalue weighted by Crippen LogP contribution is -2.45. The van der Waals surface area contributed by atoms with E-state index in [-0.39, 0.29) is 25.7 Å². The maximum Gasteiger partial charge on any atom is 0.472 e. The van der Waals surface area contributed by atoms with Gasteiger partial charge >= 0.3 is 7.82 Å². The van der Waals surface area contributed by atoms with Crippen molar-refractivity contribution >= 4 is 13.7 Å². The number of nitrogens with two attached hydrogens (primary N) is 1. The van der Waals surface area contributed by atoms with Gasteiger partial charge in [-0.3, -0.25) is 13.8 Å². The van der Waals surface area contributed by atoms with Gasteiger partial charge in [0.2, 0.25) is 5.91 Å². The summed E-state index contributed by atoms with van der Waals surface area (Å²) in [4.78, 5) is 22.6. The summed E-state index contributed by atoms with van der Waals surface area (Å²) in [5.74, 6) is -0.193. The van der Waals surface area contributed by atoms with Crippen LogP contribution in [0.3, 0.4) is 0 Å². The van der Waals surface area contributed by atoms with Gasteiger partial charge in [-0.1, -0.05) is 187 Å². The first-order valence-corrected chi connectivity index (χ1v) is 21.8. The van der Waals surface area contributed by atoms with Crippen molar-refractivity contribution in [1.29, 1.82) is 0 Å². The summed E-state index contributed by atoms with van der Waals surface area (Å²) in [5.41, 5.74) is 5.35. The molecule has 0 fully saturated rings. The minimum Gasteiger partial charge on any atom is -0.387 e. The zero-order chi connectivity index (χ0) is 35.4. The molecule has 0 aromatic rings. The fourth-order valence-electron chi connectivity index (χ4n) is 6.01. The highest BCUT2D eigenvalue weighted by Crippen LogP contribution is 2.43. The third kappa shape index (κ3) is 33.7. The number of amides is 1. The number of hydrogen-bond donors (Lipinski definition) is 4. The van der Waals surface area contributed by atoms with E-state index in [1.54, 1.807) is 6.08 Å². The van der Waals surface area contributed by atoms with Crippen LogP contribution in [0, 0.1) is 0 Å². The van der Waals surface area contributed by atoms with Crippen LogP contribution < -0.4 is 11.1 Å². The van der Waals surface area contributed by atoms with Crippen molar-refractivity contribution in [2.45, 2.75) is 212 Å². The predicted octanol–water partition coefficient (Wildman–Crippen LogP) is 10.8. The van der Waals surface area contributed by atoms with Crippen LogP contribution in [0.2, 0.25) is 0 Å². The van der Waals surface area contributed by atoms with Crippen molar-refractivity contribution in [3.8, 4) is 0 Å². The van der Waals surface area contributed by atoms with E-state index >= 15 is 0 Å². The molecule has 0 rings (SSSR count). The maximum atomic E-state index is 12.7. The van der Waals surface area contributed by atoms with Crippen LogP contribution in [0.4, 0.5) is 0 Å². The Morgan fingerprint density at radius 3 is 1.48 bits per heavy atom. The van der Waals surface area contributed by atoms with Gasteiger partial charge in [-0.25, -0.2) is 4.57 Å². The molecule has 0 radical (unpaired) electrons. The van der Waals surface area contributed by atoms with E-state index in [4.69, 9.17) is 14.8 Å². The summed E-state index contributed by atoms with van der Waals surface area (Å²) in [6.07, 6.45) is 38.3. The average Bonchev–Trinajstić information content (AvgIpc) is 3.07. The van der Waals surface area contributed by atoms with Gasteiger partial charge in [0.15, 0.2) is 0 Å². The Balaban J connectivity index is 4.13. The van der Waals surface area contributed by atoms with Crippen LogP contribution in [0.15, 0.2) is 12.2 Å². The molecule has 8 nitrogen and oxygen atoms in total. The van der Waals surface area contributed by atoms with Gasteiger partial charge in [-0.2, -0.15) is 0 Å². The van der Waals surface area contributed by atoms with Crippen LogP contribution in [-0.2, 0) is 18.4 Å². The summed E-state index contributed by atoms with van der Waals surface area (Å²) in [6, 6.07) is -0.852. The van der Waals surface area contributed by atoms with E-state index in [1.807, 2.05) is 6.08 Å². The maximum absolute atomic E-state index is 12.7. The van der Waals surface area contributed by atoms with Gasteiger partial charge in [-0.05, 0) is 19.3 Å². The number of phosphoric acid groups is 1. The molecule has 0 aromatic heterocycles. The second-order valence-electron chi connectivity index (χ2n) is 13.9. The third-order valence-corrected chi connectivity index (χ3v) is 10.1. The smallest absolute Gasteiger partial charge is 0.387 e. The highest BCUT2D eigenvalue weighted by atomic mass is 31.2. The fraction of sp³-hybridized carbons (Fsp3) is 0.923. The summed E-state index contributed by atoms with van der Waals surface area (Å²) in [6.45, 7) is 4.12. The highest BCUT2D eigenvalue weighted by molar-refractivity contribution is 7.47. The van der Waals surface area contributed by atoms with E-state index < -0.39 is 20.0 Å². The SMILES string of the molecule is CCCCCCCCCC/C=C/C(O)C(COP(=O)(O)OCCN)NC(=O)CCCCCCCCCCCCCCCCCCCCC. The van der Waals surface area contributed by atoms with Crippen LogP contribution in [0.5, 0.6) is 0 Å². The summed E-state index contributed by atoms with van der Waals surface area (Å²) in [5, 5.41) is 13.6. The first-order chi connectivity index (χ1) is 23.4. The lowest BCUT2D eigenvalue weighted by molar-refractivity contribution is -0.123. The average molecular weight is 703 g/mol. The number of aliphatic hydroxyl groups excluding tert-OH is 1. The zero-order valence-corrected chi connectivity index (χ0v) is 32.4. The zero-order valence-electron chi connectivity index (χ0n) is 31.5. The summed E-state index contributed by atoms with van der Waals surface area (Å²) < 4.78 is 22.0. The topological polar surface area (TPSA) is 131 Å². The first-order valence-electron chi connectivity index (χ1n) is 20.3. The molecular weight excluding hydrogens is 623 g/mol. The van der Waals surface area contributed by atoms with Crippen molar-refractivity contribution in [2.24, 2.45) is 5.73 Å². The van der Waals surface area contributed by atoms with Crippen LogP contribution in [0.1, 0.15) is 200 Å². The quantitative estimate of drug-likeness (QED) is 0.0286. The number of carbonyl (C=O) groups is 1. The number of rotatable bonds is 38. The monoisotopic (exact) mass is 703 g/mol. The molecular formula is C39H79N2O6P. The molecule has 0 heterocycles. The highest BCUT2D eigenvalue weighted by Gasteiger charge is 2.26. The Hall–Kier alpha value is -0.760. The van der Waals surface area contributed by atoms with Crippen molar-refractivity contribution < 1.29 is 28.4 Å². The molecule has 0 saturated carbocycles. The molecule has 286 valence electrons.